The van der Waals surface area contributed by atoms with Crippen LogP contribution in [-0.4, -0.2) is 43.9 Å². The van der Waals surface area contributed by atoms with Gasteiger partial charge in [-0.15, -0.1) is 0 Å². The number of halogens is 4. The normalized spacial score (nSPS) is 10.7. The number of esters is 2. The highest BCUT2D eigenvalue weighted by atomic mass is 35.5. The maximum Gasteiger partial charge on any atom is 0.356 e. The first-order chi connectivity index (χ1) is 15.3. The Bertz CT molecular complexity index is 1300. The minimum atomic E-state index is -0.516. The van der Waals surface area contributed by atoms with Gasteiger partial charge in [0.1, 0.15) is 5.69 Å². The number of ether oxygens (including phenoxy) is 2. The molecule has 8 nitrogen and oxygen atoms in total. The SMILES string of the molecule is CCOC(=O)c1c(Cl)c(Cl)cc2cncn12.CCOC(=O)c1cc(Cl)c(Cl)c2cncn12. The Morgan fingerprint density at radius 2 is 1.44 bits per heavy atom. The first kappa shape index (κ1) is 24.1. The number of hydrogen-bond donors (Lipinski definition) is 0. The molecule has 168 valence electrons. The van der Waals surface area contributed by atoms with Crippen LogP contribution in [0.3, 0.4) is 0 Å². The van der Waals surface area contributed by atoms with Crippen molar-refractivity contribution in [1.82, 2.24) is 18.8 Å². The zero-order chi connectivity index (χ0) is 23.4. The number of hydrogen-bond acceptors (Lipinski definition) is 6. The minimum absolute atomic E-state index is 0.172. The molecule has 0 fully saturated rings. The molecule has 4 aromatic heterocycles. The molecule has 4 aromatic rings. The molecule has 0 saturated carbocycles. The van der Waals surface area contributed by atoms with Gasteiger partial charge in [-0.05, 0) is 26.0 Å². The molecule has 0 aliphatic carbocycles. The first-order valence-electron chi connectivity index (χ1n) is 9.24. The van der Waals surface area contributed by atoms with Crippen molar-refractivity contribution in [2.24, 2.45) is 0 Å². The monoisotopic (exact) mass is 516 g/mol. The van der Waals surface area contributed by atoms with E-state index < -0.39 is 11.9 Å². The van der Waals surface area contributed by atoms with Crippen LogP contribution >= 0.6 is 46.4 Å². The lowest BCUT2D eigenvalue weighted by molar-refractivity contribution is 0.0508. The fourth-order valence-electron chi connectivity index (χ4n) is 2.79. The molecule has 0 spiro atoms. The van der Waals surface area contributed by atoms with Crippen LogP contribution in [0, 0.1) is 0 Å². The maximum atomic E-state index is 11.7. The number of rotatable bonds is 4. The number of fused-ring (bicyclic) bond motifs is 2. The molecule has 4 heterocycles. The average molecular weight is 518 g/mol. The third kappa shape index (κ3) is 4.78. The van der Waals surface area contributed by atoms with Gasteiger partial charge in [0.2, 0.25) is 0 Å². The van der Waals surface area contributed by atoms with E-state index in [1.165, 1.54) is 24.9 Å². The van der Waals surface area contributed by atoms with Gasteiger partial charge in [0, 0.05) is 0 Å². The van der Waals surface area contributed by atoms with E-state index in [2.05, 4.69) is 9.97 Å². The lowest BCUT2D eigenvalue weighted by atomic mass is 10.3. The van der Waals surface area contributed by atoms with Gasteiger partial charge in [-0.1, -0.05) is 46.4 Å². The van der Waals surface area contributed by atoms with Gasteiger partial charge >= 0.3 is 11.9 Å². The van der Waals surface area contributed by atoms with Crippen molar-refractivity contribution < 1.29 is 19.1 Å². The number of carbonyl (C=O) groups is 2. The molecule has 0 aliphatic heterocycles. The molecule has 0 aliphatic rings. The lowest BCUT2D eigenvalue weighted by Crippen LogP contribution is -2.10. The second-order valence-corrected chi connectivity index (χ2v) is 7.70. The molecule has 0 unspecified atom stereocenters. The summed E-state index contributed by atoms with van der Waals surface area (Å²) >= 11 is 23.8. The van der Waals surface area contributed by atoms with Crippen LogP contribution in [0.2, 0.25) is 20.1 Å². The third-order valence-electron chi connectivity index (χ3n) is 4.15. The van der Waals surface area contributed by atoms with Crippen LogP contribution in [0.5, 0.6) is 0 Å². The summed E-state index contributed by atoms with van der Waals surface area (Å²) in [5.74, 6) is -0.970. The summed E-state index contributed by atoms with van der Waals surface area (Å²) in [5, 5.41) is 1.15. The average Bonchev–Trinajstić information content (AvgIpc) is 3.42. The molecule has 0 amide bonds. The lowest BCUT2D eigenvalue weighted by Gasteiger charge is -2.08. The van der Waals surface area contributed by atoms with Gasteiger partial charge in [0.05, 0.1) is 69.4 Å². The molecular weight excluding hydrogens is 502 g/mol. The molecule has 0 saturated heterocycles. The minimum Gasteiger partial charge on any atom is -0.461 e. The van der Waals surface area contributed by atoms with Crippen molar-refractivity contribution >= 4 is 69.4 Å². The molecule has 0 bridgehead atoms. The summed E-state index contributed by atoms with van der Waals surface area (Å²) in [6.45, 7) is 4.04. The topological polar surface area (TPSA) is 87.2 Å². The van der Waals surface area contributed by atoms with Crippen LogP contribution < -0.4 is 0 Å². The summed E-state index contributed by atoms with van der Waals surface area (Å²) in [4.78, 5) is 31.2. The predicted molar refractivity (Wildman–Crippen MR) is 122 cm³/mol. The summed E-state index contributed by atoms with van der Waals surface area (Å²) in [6.07, 6.45) is 6.11. The molecule has 12 heteroatoms. The number of aromatic nitrogens is 4. The van der Waals surface area contributed by atoms with Gasteiger partial charge in [-0.3, -0.25) is 8.80 Å². The second-order valence-electron chi connectivity index (χ2n) is 6.12. The summed E-state index contributed by atoms with van der Waals surface area (Å²) in [5.41, 5.74) is 1.78. The molecule has 4 rings (SSSR count). The zero-order valence-electron chi connectivity index (χ0n) is 16.8. The van der Waals surface area contributed by atoms with Gasteiger partial charge in [-0.2, -0.15) is 0 Å². The first-order valence-corrected chi connectivity index (χ1v) is 10.8. The Morgan fingerprint density at radius 3 is 2.12 bits per heavy atom. The number of pyridine rings is 2. The Morgan fingerprint density at radius 1 is 0.844 bits per heavy atom. The largest absolute Gasteiger partial charge is 0.461 e. The third-order valence-corrected chi connectivity index (χ3v) is 5.72. The van der Waals surface area contributed by atoms with E-state index >= 15 is 0 Å². The Hall–Kier alpha value is -2.52. The van der Waals surface area contributed by atoms with Crippen molar-refractivity contribution in [3.63, 3.8) is 0 Å². The van der Waals surface area contributed by atoms with E-state index in [1.54, 1.807) is 34.9 Å². The van der Waals surface area contributed by atoms with Crippen LogP contribution in [0.1, 0.15) is 34.8 Å². The van der Waals surface area contributed by atoms with E-state index in [-0.39, 0.29) is 17.3 Å². The van der Waals surface area contributed by atoms with E-state index in [9.17, 15) is 9.59 Å². The van der Waals surface area contributed by atoms with Crippen molar-refractivity contribution in [2.45, 2.75) is 13.8 Å². The van der Waals surface area contributed by atoms with E-state index in [4.69, 9.17) is 55.9 Å². The molecule has 0 N–H and O–H groups in total. The van der Waals surface area contributed by atoms with Crippen molar-refractivity contribution in [2.75, 3.05) is 13.2 Å². The molecule has 0 aromatic carbocycles. The van der Waals surface area contributed by atoms with Gasteiger partial charge in [0.15, 0.2) is 5.69 Å². The quantitative estimate of drug-likeness (QED) is 0.326. The number of imidazole rings is 2. The van der Waals surface area contributed by atoms with Crippen LogP contribution in [0.15, 0.2) is 37.2 Å². The number of carbonyl (C=O) groups excluding carboxylic acids is 2. The standard InChI is InChI=1S/2C10H8Cl2N2O2/c1-2-16-10(15)7-3-6(11)9(12)8-4-13-5-14(7)8;1-2-16-10(15)9-8(12)7(11)3-6-4-13-5-14(6)9/h2*3-5H,2H2,1H3. The molecule has 0 radical (unpaired) electrons. The summed E-state index contributed by atoms with van der Waals surface area (Å²) in [6, 6.07) is 3.11. The molecule has 0 atom stereocenters. The second kappa shape index (κ2) is 10.4. The molecular formula is C20H16Cl4N4O4. The Kier molecular flexibility index (Phi) is 7.84. The fraction of sp³-hybridized carbons (Fsp3) is 0.200. The highest BCUT2D eigenvalue weighted by Crippen LogP contribution is 2.29. The highest BCUT2D eigenvalue weighted by Gasteiger charge is 2.19. The van der Waals surface area contributed by atoms with Gasteiger partial charge in [0.25, 0.3) is 0 Å². The Balaban J connectivity index is 0.000000181. The van der Waals surface area contributed by atoms with Gasteiger partial charge < -0.3 is 9.47 Å². The van der Waals surface area contributed by atoms with E-state index in [0.29, 0.717) is 38.4 Å². The van der Waals surface area contributed by atoms with Crippen LogP contribution in [0.4, 0.5) is 0 Å². The fourth-order valence-corrected chi connectivity index (χ4v) is 3.60. The highest BCUT2D eigenvalue weighted by molar-refractivity contribution is 6.44. The van der Waals surface area contributed by atoms with E-state index in [0.717, 1.165) is 0 Å². The van der Waals surface area contributed by atoms with Crippen LogP contribution in [0.25, 0.3) is 11.0 Å². The van der Waals surface area contributed by atoms with Crippen LogP contribution in [-0.2, 0) is 9.47 Å². The van der Waals surface area contributed by atoms with Gasteiger partial charge in [-0.25, -0.2) is 19.6 Å². The molecule has 32 heavy (non-hydrogen) atoms. The Labute approximate surface area is 202 Å². The predicted octanol–water partition coefficient (Wildman–Crippen LogP) is 5.64. The van der Waals surface area contributed by atoms with Crippen molar-refractivity contribution in [3.05, 3.63) is 68.7 Å². The summed E-state index contributed by atoms with van der Waals surface area (Å²) in [7, 11) is 0. The smallest absolute Gasteiger partial charge is 0.356 e. The van der Waals surface area contributed by atoms with Crippen molar-refractivity contribution in [3.8, 4) is 0 Å². The number of nitrogens with zero attached hydrogens (tertiary/aromatic N) is 4. The van der Waals surface area contributed by atoms with Crippen molar-refractivity contribution in [1.29, 1.82) is 0 Å². The maximum absolute atomic E-state index is 11.7. The van der Waals surface area contributed by atoms with E-state index in [1.807, 2.05) is 0 Å². The summed E-state index contributed by atoms with van der Waals surface area (Å²) < 4.78 is 12.9. The zero-order valence-corrected chi connectivity index (χ0v) is 19.8.